The first-order valence-electron chi connectivity index (χ1n) is 6.58. The summed E-state index contributed by atoms with van der Waals surface area (Å²) in [4.78, 5) is 2.31. The van der Waals surface area contributed by atoms with E-state index in [1.165, 1.54) is 0 Å². The van der Waals surface area contributed by atoms with Gasteiger partial charge in [-0.3, -0.25) is 4.90 Å². The summed E-state index contributed by atoms with van der Waals surface area (Å²) < 4.78 is 5.41. The number of nitrogens with two attached hydrogens (primary N) is 1. The van der Waals surface area contributed by atoms with E-state index in [9.17, 15) is 0 Å². The monoisotopic (exact) mass is 302 g/mol. The Kier molecular flexibility index (Phi) is 5.48. The first-order valence-corrected chi connectivity index (χ1v) is 7.33. The van der Waals surface area contributed by atoms with Gasteiger partial charge in [-0.1, -0.05) is 23.2 Å². The Hall–Kier alpha value is -0.320. The van der Waals surface area contributed by atoms with Crippen molar-refractivity contribution in [1.82, 2.24) is 4.90 Å². The standard InChI is InChI=1S/C14H20Cl2N2O/c1-18(11-4-6-19-7-5-11)14(9-17)12-8-10(15)2-3-13(12)16/h2-3,8,11,14H,4-7,9,17H2,1H3. The third-order valence-corrected chi connectivity index (χ3v) is 4.38. The number of benzene rings is 1. The van der Waals surface area contributed by atoms with Crippen molar-refractivity contribution >= 4 is 23.2 Å². The lowest BCUT2D eigenvalue weighted by atomic mass is 10.0. The molecule has 19 heavy (non-hydrogen) atoms. The third kappa shape index (κ3) is 3.61. The quantitative estimate of drug-likeness (QED) is 0.929. The Morgan fingerprint density at radius 2 is 2.05 bits per heavy atom. The largest absolute Gasteiger partial charge is 0.381 e. The van der Waals surface area contributed by atoms with Crippen molar-refractivity contribution in [2.24, 2.45) is 5.73 Å². The van der Waals surface area contributed by atoms with Gasteiger partial charge in [0, 0.05) is 41.9 Å². The van der Waals surface area contributed by atoms with Crippen LogP contribution in [0.25, 0.3) is 0 Å². The fourth-order valence-corrected chi connectivity index (χ4v) is 3.05. The predicted molar refractivity (Wildman–Crippen MR) is 79.9 cm³/mol. The van der Waals surface area contributed by atoms with Crippen LogP contribution in [0.5, 0.6) is 0 Å². The zero-order valence-electron chi connectivity index (χ0n) is 11.1. The molecule has 1 atom stereocenters. The van der Waals surface area contributed by atoms with Gasteiger partial charge in [-0.25, -0.2) is 0 Å². The second-order valence-corrected chi connectivity index (χ2v) is 5.77. The van der Waals surface area contributed by atoms with E-state index in [0.29, 0.717) is 17.6 Å². The number of hydrogen-bond acceptors (Lipinski definition) is 3. The molecule has 0 bridgehead atoms. The summed E-state index contributed by atoms with van der Waals surface area (Å²) in [5.74, 6) is 0. The van der Waals surface area contributed by atoms with Gasteiger partial charge in [-0.05, 0) is 43.7 Å². The van der Waals surface area contributed by atoms with Gasteiger partial charge in [0.05, 0.1) is 0 Å². The van der Waals surface area contributed by atoms with E-state index in [1.807, 2.05) is 12.1 Å². The normalized spacial score (nSPS) is 18.8. The molecule has 1 unspecified atom stereocenters. The molecule has 1 aromatic carbocycles. The van der Waals surface area contributed by atoms with Gasteiger partial charge < -0.3 is 10.5 Å². The van der Waals surface area contributed by atoms with Crippen molar-refractivity contribution in [3.63, 3.8) is 0 Å². The molecule has 0 saturated carbocycles. The van der Waals surface area contributed by atoms with Gasteiger partial charge in [0.1, 0.15) is 0 Å². The van der Waals surface area contributed by atoms with Gasteiger partial charge >= 0.3 is 0 Å². The Morgan fingerprint density at radius 1 is 1.37 bits per heavy atom. The first kappa shape index (κ1) is 15.1. The molecule has 1 aliphatic heterocycles. The van der Waals surface area contributed by atoms with Gasteiger partial charge in [0.25, 0.3) is 0 Å². The number of nitrogens with zero attached hydrogens (tertiary/aromatic N) is 1. The maximum atomic E-state index is 6.29. The topological polar surface area (TPSA) is 38.5 Å². The Balaban J connectivity index is 2.20. The van der Waals surface area contributed by atoms with Crippen molar-refractivity contribution in [1.29, 1.82) is 0 Å². The molecule has 0 aromatic heterocycles. The van der Waals surface area contributed by atoms with E-state index >= 15 is 0 Å². The van der Waals surface area contributed by atoms with E-state index in [-0.39, 0.29) is 6.04 Å². The van der Waals surface area contributed by atoms with Crippen molar-refractivity contribution in [2.45, 2.75) is 24.9 Å². The smallest absolute Gasteiger partial charge is 0.0485 e. The summed E-state index contributed by atoms with van der Waals surface area (Å²) in [6.45, 7) is 2.15. The highest BCUT2D eigenvalue weighted by Crippen LogP contribution is 2.31. The van der Waals surface area contributed by atoms with Crippen LogP contribution in [0, 0.1) is 0 Å². The van der Waals surface area contributed by atoms with Gasteiger partial charge in [-0.2, -0.15) is 0 Å². The summed E-state index contributed by atoms with van der Waals surface area (Å²) in [6, 6.07) is 6.12. The molecule has 1 fully saturated rings. The van der Waals surface area contributed by atoms with Crippen LogP contribution in [-0.2, 0) is 4.74 Å². The van der Waals surface area contributed by atoms with E-state index in [0.717, 1.165) is 36.6 Å². The van der Waals surface area contributed by atoms with Crippen molar-refractivity contribution in [3.8, 4) is 0 Å². The van der Waals surface area contributed by atoms with E-state index < -0.39 is 0 Å². The molecule has 106 valence electrons. The van der Waals surface area contributed by atoms with Crippen molar-refractivity contribution < 1.29 is 4.74 Å². The van der Waals surface area contributed by atoms with Crippen LogP contribution in [0.4, 0.5) is 0 Å². The van der Waals surface area contributed by atoms with Gasteiger partial charge in [-0.15, -0.1) is 0 Å². The molecular weight excluding hydrogens is 283 g/mol. The van der Waals surface area contributed by atoms with Crippen LogP contribution in [-0.4, -0.2) is 37.7 Å². The molecule has 1 aromatic rings. The van der Waals surface area contributed by atoms with Crippen LogP contribution in [0.3, 0.4) is 0 Å². The van der Waals surface area contributed by atoms with Crippen LogP contribution >= 0.6 is 23.2 Å². The number of hydrogen-bond donors (Lipinski definition) is 1. The molecule has 5 heteroatoms. The minimum atomic E-state index is 0.0919. The highest BCUT2D eigenvalue weighted by Gasteiger charge is 2.26. The number of rotatable bonds is 4. The molecule has 2 rings (SSSR count). The molecule has 0 aliphatic carbocycles. The van der Waals surface area contributed by atoms with Crippen molar-refractivity contribution in [3.05, 3.63) is 33.8 Å². The van der Waals surface area contributed by atoms with Crippen molar-refractivity contribution in [2.75, 3.05) is 26.8 Å². The number of ether oxygens (including phenoxy) is 1. The van der Waals surface area contributed by atoms with Crippen LogP contribution in [0.1, 0.15) is 24.4 Å². The fourth-order valence-electron chi connectivity index (χ4n) is 2.63. The first-order chi connectivity index (χ1) is 9.13. The summed E-state index contributed by atoms with van der Waals surface area (Å²) >= 11 is 12.4. The average molecular weight is 303 g/mol. The minimum Gasteiger partial charge on any atom is -0.381 e. The summed E-state index contributed by atoms with van der Waals surface area (Å²) in [5, 5.41) is 1.41. The summed E-state index contributed by atoms with van der Waals surface area (Å²) in [7, 11) is 2.10. The lowest BCUT2D eigenvalue weighted by Crippen LogP contribution is -2.41. The highest BCUT2D eigenvalue weighted by molar-refractivity contribution is 6.33. The van der Waals surface area contributed by atoms with E-state index in [2.05, 4.69) is 11.9 Å². The lowest BCUT2D eigenvalue weighted by molar-refractivity contribution is 0.0294. The molecule has 1 heterocycles. The van der Waals surface area contributed by atoms with Crippen LogP contribution in [0.15, 0.2) is 18.2 Å². The molecular formula is C14H20Cl2N2O. The summed E-state index contributed by atoms with van der Waals surface area (Å²) in [6.07, 6.45) is 2.07. The molecule has 0 radical (unpaired) electrons. The number of halogens is 2. The second kappa shape index (κ2) is 6.91. The molecule has 0 spiro atoms. The SMILES string of the molecule is CN(C1CCOCC1)C(CN)c1cc(Cl)ccc1Cl. The second-order valence-electron chi connectivity index (χ2n) is 4.93. The van der Waals surface area contributed by atoms with Crippen LogP contribution < -0.4 is 5.73 Å². The van der Waals surface area contributed by atoms with Gasteiger partial charge in [0.15, 0.2) is 0 Å². The zero-order chi connectivity index (χ0) is 13.8. The highest BCUT2D eigenvalue weighted by atomic mass is 35.5. The molecule has 3 nitrogen and oxygen atoms in total. The Bertz CT molecular complexity index is 422. The maximum absolute atomic E-state index is 6.29. The fraction of sp³-hybridized carbons (Fsp3) is 0.571. The molecule has 1 aliphatic rings. The Morgan fingerprint density at radius 3 is 2.68 bits per heavy atom. The van der Waals surface area contributed by atoms with Gasteiger partial charge in [0.2, 0.25) is 0 Å². The molecule has 0 amide bonds. The predicted octanol–water partition coefficient (Wildman–Crippen LogP) is 3.10. The Labute approximate surface area is 124 Å². The maximum Gasteiger partial charge on any atom is 0.0485 e. The minimum absolute atomic E-state index is 0.0919. The summed E-state index contributed by atoms with van der Waals surface area (Å²) in [5.41, 5.74) is 6.96. The average Bonchev–Trinajstić information content (AvgIpc) is 2.44. The lowest BCUT2D eigenvalue weighted by Gasteiger charge is -2.37. The molecule has 2 N–H and O–H groups in total. The third-order valence-electron chi connectivity index (χ3n) is 3.80. The van der Waals surface area contributed by atoms with E-state index in [4.69, 9.17) is 33.7 Å². The molecule has 1 saturated heterocycles. The van der Waals surface area contributed by atoms with Crippen LogP contribution in [0.2, 0.25) is 10.0 Å². The zero-order valence-corrected chi connectivity index (χ0v) is 12.6. The number of likely N-dealkylation sites (N-methyl/N-ethyl adjacent to an activating group) is 1. The van der Waals surface area contributed by atoms with E-state index in [1.54, 1.807) is 6.07 Å².